The third-order valence-electron chi connectivity index (χ3n) is 8.34. The Balaban J connectivity index is 1.37. The second-order valence-electron chi connectivity index (χ2n) is 10.8. The zero-order valence-electron chi connectivity index (χ0n) is 23.0. The van der Waals surface area contributed by atoms with Gasteiger partial charge in [0.05, 0.1) is 30.1 Å². The number of ether oxygens (including phenoxy) is 2. The highest BCUT2D eigenvalue weighted by Crippen LogP contribution is 2.39. The molecule has 2 aromatic carbocycles. The molecule has 0 spiro atoms. The summed E-state index contributed by atoms with van der Waals surface area (Å²) in [5.41, 5.74) is 9.06. The molecular formula is C32H37N3O4. The van der Waals surface area contributed by atoms with Gasteiger partial charge in [-0.15, -0.1) is 0 Å². The Bertz CT molecular complexity index is 1530. The van der Waals surface area contributed by atoms with E-state index in [0.717, 1.165) is 76.8 Å². The first kappa shape index (κ1) is 25.7. The Kier molecular flexibility index (Phi) is 7.17. The fraction of sp³-hybridized carbons (Fsp3) is 0.438. The van der Waals surface area contributed by atoms with Crippen LogP contribution in [0.3, 0.4) is 0 Å². The number of rotatable bonds is 6. The van der Waals surface area contributed by atoms with Gasteiger partial charge in [-0.1, -0.05) is 30.3 Å². The predicted molar refractivity (Wildman–Crippen MR) is 152 cm³/mol. The Hall–Kier alpha value is -3.58. The number of aromatic carboxylic acids is 1. The molecule has 39 heavy (non-hydrogen) atoms. The van der Waals surface area contributed by atoms with Gasteiger partial charge in [-0.2, -0.15) is 5.10 Å². The molecule has 1 aliphatic carbocycles. The van der Waals surface area contributed by atoms with E-state index in [2.05, 4.69) is 30.3 Å². The van der Waals surface area contributed by atoms with Crippen molar-refractivity contribution in [2.75, 3.05) is 13.2 Å². The fourth-order valence-electron chi connectivity index (χ4n) is 6.58. The second-order valence-corrected chi connectivity index (χ2v) is 10.8. The first-order chi connectivity index (χ1) is 19.0. The van der Waals surface area contributed by atoms with Crippen LogP contribution in [0.25, 0.3) is 22.0 Å². The van der Waals surface area contributed by atoms with E-state index in [9.17, 15) is 9.90 Å². The van der Waals surface area contributed by atoms with E-state index < -0.39 is 5.97 Å². The van der Waals surface area contributed by atoms with Crippen LogP contribution in [0, 0.1) is 6.92 Å². The molecule has 4 aromatic rings. The SMILES string of the molecule is Cc1nn(C)c2c1-c1cccc3c(CCCOc4cccc5c4CCCC5)c(C(=O)O)n(c13)CCCCOC2. The Morgan fingerprint density at radius 2 is 1.95 bits per heavy atom. The number of carbonyl (C=O) groups is 1. The third-order valence-corrected chi connectivity index (χ3v) is 8.34. The van der Waals surface area contributed by atoms with Gasteiger partial charge < -0.3 is 19.1 Å². The van der Waals surface area contributed by atoms with Crippen LogP contribution in [0.5, 0.6) is 5.75 Å². The summed E-state index contributed by atoms with van der Waals surface area (Å²) >= 11 is 0. The summed E-state index contributed by atoms with van der Waals surface area (Å²) in [5.74, 6) is 0.117. The second kappa shape index (κ2) is 10.9. The van der Waals surface area contributed by atoms with Gasteiger partial charge in [-0.05, 0) is 81.0 Å². The maximum absolute atomic E-state index is 12.8. The number of carboxylic acid groups (broad SMARTS) is 1. The predicted octanol–water partition coefficient (Wildman–Crippen LogP) is 6.25. The van der Waals surface area contributed by atoms with Crippen molar-refractivity contribution in [3.63, 3.8) is 0 Å². The Morgan fingerprint density at radius 3 is 2.82 bits per heavy atom. The highest BCUT2D eigenvalue weighted by atomic mass is 16.5. The van der Waals surface area contributed by atoms with E-state index in [1.165, 1.54) is 24.0 Å². The van der Waals surface area contributed by atoms with Gasteiger partial charge in [0.2, 0.25) is 0 Å². The molecule has 3 heterocycles. The molecule has 0 saturated carbocycles. The summed E-state index contributed by atoms with van der Waals surface area (Å²) in [6.07, 6.45) is 7.77. The lowest BCUT2D eigenvalue weighted by atomic mass is 9.91. The van der Waals surface area contributed by atoms with E-state index in [1.807, 2.05) is 29.3 Å². The molecule has 204 valence electrons. The van der Waals surface area contributed by atoms with E-state index >= 15 is 0 Å². The highest BCUT2D eigenvalue weighted by Gasteiger charge is 2.27. The molecule has 7 heteroatoms. The van der Waals surface area contributed by atoms with Crippen molar-refractivity contribution in [1.29, 1.82) is 0 Å². The molecule has 7 nitrogen and oxygen atoms in total. The molecule has 0 unspecified atom stereocenters. The zero-order valence-corrected chi connectivity index (χ0v) is 23.0. The topological polar surface area (TPSA) is 78.5 Å². The maximum Gasteiger partial charge on any atom is 0.352 e. The normalized spacial score (nSPS) is 15.4. The minimum atomic E-state index is -0.876. The summed E-state index contributed by atoms with van der Waals surface area (Å²) in [6.45, 7) is 4.34. The average molecular weight is 528 g/mol. The number of benzene rings is 2. The number of hydrogen-bond donors (Lipinski definition) is 1. The van der Waals surface area contributed by atoms with Crippen LogP contribution >= 0.6 is 0 Å². The van der Waals surface area contributed by atoms with Crippen LogP contribution in [0.2, 0.25) is 0 Å². The molecule has 0 fully saturated rings. The van der Waals surface area contributed by atoms with Crippen LogP contribution in [0.15, 0.2) is 36.4 Å². The Labute approximate surface area is 229 Å². The average Bonchev–Trinajstić information content (AvgIpc) is 3.39. The first-order valence-corrected chi connectivity index (χ1v) is 14.3. The van der Waals surface area contributed by atoms with Crippen LogP contribution in [0.1, 0.15) is 70.7 Å². The minimum absolute atomic E-state index is 0.401. The van der Waals surface area contributed by atoms with Gasteiger partial charge in [-0.3, -0.25) is 4.68 Å². The van der Waals surface area contributed by atoms with E-state index in [4.69, 9.17) is 14.6 Å². The van der Waals surface area contributed by atoms with Gasteiger partial charge in [0, 0.05) is 36.7 Å². The van der Waals surface area contributed by atoms with Gasteiger partial charge >= 0.3 is 5.97 Å². The number of aromatic nitrogens is 3. The number of aryl methyl sites for hydroxylation is 5. The third kappa shape index (κ3) is 4.73. The molecule has 1 aliphatic heterocycles. The van der Waals surface area contributed by atoms with E-state index in [-0.39, 0.29) is 0 Å². The van der Waals surface area contributed by atoms with Crippen LogP contribution in [-0.4, -0.2) is 38.6 Å². The molecule has 0 atom stereocenters. The number of hydrogen-bond acceptors (Lipinski definition) is 4. The van der Waals surface area contributed by atoms with Gasteiger partial charge in [0.1, 0.15) is 11.4 Å². The summed E-state index contributed by atoms with van der Waals surface area (Å²) in [4.78, 5) is 12.8. The molecule has 0 saturated heterocycles. The van der Waals surface area contributed by atoms with Gasteiger partial charge in [0.25, 0.3) is 0 Å². The summed E-state index contributed by atoms with van der Waals surface area (Å²) < 4.78 is 16.2. The van der Waals surface area contributed by atoms with Crippen LogP contribution < -0.4 is 4.74 Å². The van der Waals surface area contributed by atoms with Gasteiger partial charge in [0.15, 0.2) is 0 Å². The van der Waals surface area contributed by atoms with E-state index in [1.54, 1.807) is 0 Å². The number of fused-ring (bicyclic) bond motifs is 3. The van der Waals surface area contributed by atoms with Crippen molar-refractivity contribution >= 4 is 16.9 Å². The highest BCUT2D eigenvalue weighted by molar-refractivity contribution is 6.04. The molecule has 0 amide bonds. The van der Waals surface area contributed by atoms with Crippen molar-refractivity contribution in [3.8, 4) is 16.9 Å². The summed E-state index contributed by atoms with van der Waals surface area (Å²) in [5, 5.41) is 16.2. The molecule has 6 rings (SSSR count). The minimum Gasteiger partial charge on any atom is -0.493 e. The van der Waals surface area contributed by atoms with Crippen LogP contribution in [-0.2, 0) is 44.2 Å². The first-order valence-electron chi connectivity index (χ1n) is 14.3. The van der Waals surface area contributed by atoms with Gasteiger partial charge in [-0.25, -0.2) is 4.79 Å². The monoisotopic (exact) mass is 527 g/mol. The standard InChI is InChI=1S/C32H37N3O4/c1-21-29-26-14-8-13-24-25(15-9-19-39-28-16-7-11-22-10-3-4-12-23(22)28)31(32(36)37)35(30(24)26)17-5-6-18-38-20-27(29)34(2)33-21/h7-8,11,13-14,16H,3-6,9-10,12,15,17-20H2,1-2H3,(H,36,37). The van der Waals surface area contributed by atoms with Crippen molar-refractivity contribution < 1.29 is 19.4 Å². The lowest BCUT2D eigenvalue weighted by molar-refractivity contribution is 0.0683. The number of carboxylic acids is 1. The maximum atomic E-state index is 12.8. The fourth-order valence-corrected chi connectivity index (χ4v) is 6.58. The Morgan fingerprint density at radius 1 is 1.10 bits per heavy atom. The molecule has 0 radical (unpaired) electrons. The summed E-state index contributed by atoms with van der Waals surface area (Å²) in [6, 6.07) is 12.6. The smallest absolute Gasteiger partial charge is 0.352 e. The molecule has 1 N–H and O–H groups in total. The van der Waals surface area contributed by atoms with Crippen molar-refractivity contribution in [3.05, 3.63) is 70.2 Å². The van der Waals surface area contributed by atoms with Crippen molar-refractivity contribution in [2.24, 2.45) is 7.05 Å². The molecular weight excluding hydrogens is 490 g/mol. The van der Waals surface area contributed by atoms with E-state index in [0.29, 0.717) is 38.5 Å². The molecule has 2 aliphatic rings. The molecule has 0 bridgehead atoms. The quantitative estimate of drug-likeness (QED) is 0.300. The van der Waals surface area contributed by atoms with Crippen molar-refractivity contribution in [2.45, 2.75) is 71.4 Å². The van der Waals surface area contributed by atoms with Crippen molar-refractivity contribution in [1.82, 2.24) is 14.3 Å². The van der Waals surface area contributed by atoms with Crippen LogP contribution in [0.4, 0.5) is 0 Å². The number of para-hydroxylation sites is 1. The zero-order chi connectivity index (χ0) is 26.9. The lowest BCUT2D eigenvalue weighted by Crippen LogP contribution is -2.12. The lowest BCUT2D eigenvalue weighted by Gasteiger charge is -2.19. The molecule has 2 aromatic heterocycles. The largest absolute Gasteiger partial charge is 0.493 e. The summed E-state index contributed by atoms with van der Waals surface area (Å²) in [7, 11) is 1.95. The number of nitrogens with zero attached hydrogens (tertiary/aromatic N) is 3.